The lowest BCUT2D eigenvalue weighted by Gasteiger charge is -2.41. The van der Waals surface area contributed by atoms with E-state index >= 15 is 0 Å². The SMILES string of the molecule is C=CCNC(=O)CC(CC1CC1)NC(=O)[C@@H]1[C@H]2CCC3(CC3)[C@H]2CN1C(=O)[C@@H](NC(=O)NC1(CS(=O)(=O)C(C)(C)C)CCCCC1)C1CCCCC1. The molecule has 5 aliphatic carbocycles. The Hall–Kier alpha value is -2.63. The molecule has 0 radical (unpaired) electrons. The van der Waals surface area contributed by atoms with E-state index in [0.29, 0.717) is 31.8 Å². The van der Waals surface area contributed by atoms with Crippen LogP contribution in [0, 0.1) is 29.1 Å². The lowest BCUT2D eigenvalue weighted by Crippen LogP contribution is -2.63. The molecular weight excluding hydrogens is 679 g/mol. The number of carbonyl (C=O) groups is 4. The number of likely N-dealkylation sites (tertiary alicyclic amines) is 1. The maximum atomic E-state index is 15.0. The van der Waals surface area contributed by atoms with Gasteiger partial charge in [-0.15, -0.1) is 6.58 Å². The highest BCUT2D eigenvalue weighted by atomic mass is 32.2. The van der Waals surface area contributed by atoms with Gasteiger partial charge in [-0.1, -0.05) is 57.4 Å². The maximum Gasteiger partial charge on any atom is 0.315 e. The van der Waals surface area contributed by atoms with Crippen molar-refractivity contribution >= 4 is 33.6 Å². The van der Waals surface area contributed by atoms with Crippen LogP contribution in [-0.2, 0) is 24.2 Å². The second-order valence-electron chi connectivity index (χ2n) is 18.5. The minimum atomic E-state index is -3.53. The Balaban J connectivity index is 1.23. The van der Waals surface area contributed by atoms with Crippen LogP contribution < -0.4 is 21.3 Å². The van der Waals surface area contributed by atoms with E-state index in [9.17, 15) is 27.6 Å². The number of sulfone groups is 1. The third kappa shape index (κ3) is 8.84. The zero-order valence-electron chi connectivity index (χ0n) is 32.0. The first-order valence-corrected chi connectivity index (χ1v) is 22.1. The van der Waals surface area contributed by atoms with Gasteiger partial charge in [0.25, 0.3) is 0 Å². The molecule has 6 rings (SSSR count). The van der Waals surface area contributed by atoms with Gasteiger partial charge in [0, 0.05) is 25.6 Å². The quantitative estimate of drug-likeness (QED) is 0.181. The first-order valence-electron chi connectivity index (χ1n) is 20.5. The third-order valence-electron chi connectivity index (χ3n) is 13.7. The van der Waals surface area contributed by atoms with Gasteiger partial charge in [0.15, 0.2) is 9.84 Å². The molecule has 292 valence electrons. The highest BCUT2D eigenvalue weighted by Gasteiger charge is 2.64. The third-order valence-corrected chi connectivity index (χ3v) is 16.5. The molecule has 5 amide bonds. The van der Waals surface area contributed by atoms with Crippen LogP contribution in [0.25, 0.3) is 0 Å². The molecular formula is C40H65N5O6S. The van der Waals surface area contributed by atoms with Gasteiger partial charge in [0.2, 0.25) is 17.7 Å². The smallest absolute Gasteiger partial charge is 0.315 e. The average molecular weight is 744 g/mol. The number of nitrogens with zero attached hydrogens (tertiary/aromatic N) is 1. The molecule has 0 aromatic rings. The molecule has 0 aromatic carbocycles. The standard InChI is InChI=1S/C40H65N5O6S/c1-5-22-41-32(46)24-29(23-27-14-15-27)42-35(47)34-30-16-19-39(20-21-39)31(30)25-45(34)36(48)33(28-12-8-6-9-13-28)43-37(49)44-40(17-10-7-11-18-40)26-52(50,51)38(2,3)4/h5,27-31,33-34H,1,6-26H2,2-4H3,(H,41,46)(H,42,47)(H2,43,44,49)/t29?,30-,31-,33-,34-/m0/s1. The Morgan fingerprint density at radius 2 is 1.56 bits per heavy atom. The molecule has 1 saturated heterocycles. The van der Waals surface area contributed by atoms with Gasteiger partial charge in [0.1, 0.15) is 12.1 Å². The van der Waals surface area contributed by atoms with Crippen LogP contribution in [0.1, 0.15) is 136 Å². The zero-order chi connectivity index (χ0) is 37.3. The monoisotopic (exact) mass is 743 g/mol. The minimum Gasteiger partial charge on any atom is -0.353 e. The predicted octanol–water partition coefficient (Wildman–Crippen LogP) is 5.15. The summed E-state index contributed by atoms with van der Waals surface area (Å²) in [5, 5.41) is 12.4. The molecule has 11 nitrogen and oxygen atoms in total. The van der Waals surface area contributed by atoms with Crippen molar-refractivity contribution in [3.63, 3.8) is 0 Å². The van der Waals surface area contributed by atoms with Crippen LogP contribution in [-0.4, -0.2) is 84.3 Å². The largest absolute Gasteiger partial charge is 0.353 e. The first-order chi connectivity index (χ1) is 24.7. The van der Waals surface area contributed by atoms with E-state index in [4.69, 9.17) is 0 Å². The summed E-state index contributed by atoms with van der Waals surface area (Å²) in [5.74, 6) is 0.0951. The number of nitrogens with one attached hydrogen (secondary N) is 4. The van der Waals surface area contributed by atoms with Gasteiger partial charge < -0.3 is 26.2 Å². The fourth-order valence-corrected chi connectivity index (χ4v) is 11.7. The van der Waals surface area contributed by atoms with Crippen molar-refractivity contribution in [3.8, 4) is 0 Å². The topological polar surface area (TPSA) is 154 Å². The highest BCUT2D eigenvalue weighted by Crippen LogP contribution is 2.66. The first kappa shape index (κ1) is 39.1. The van der Waals surface area contributed by atoms with E-state index in [1.807, 2.05) is 0 Å². The van der Waals surface area contributed by atoms with E-state index in [1.165, 1.54) is 0 Å². The molecule has 1 aliphatic heterocycles. The molecule has 1 unspecified atom stereocenters. The van der Waals surface area contributed by atoms with E-state index in [1.54, 1.807) is 31.7 Å². The summed E-state index contributed by atoms with van der Waals surface area (Å²) in [6.45, 7) is 9.67. The number of urea groups is 1. The fraction of sp³-hybridized carbons (Fsp3) is 0.850. The number of hydrogen-bond donors (Lipinski definition) is 4. The number of rotatable bonds is 14. The zero-order valence-corrected chi connectivity index (χ0v) is 32.8. The molecule has 12 heteroatoms. The Morgan fingerprint density at radius 3 is 2.17 bits per heavy atom. The predicted molar refractivity (Wildman–Crippen MR) is 202 cm³/mol. The Bertz CT molecular complexity index is 1450. The van der Waals surface area contributed by atoms with Crippen molar-refractivity contribution in [1.29, 1.82) is 0 Å². The van der Waals surface area contributed by atoms with Crippen LogP contribution in [0.4, 0.5) is 4.79 Å². The van der Waals surface area contributed by atoms with Crippen LogP contribution >= 0.6 is 0 Å². The van der Waals surface area contributed by atoms with Crippen molar-refractivity contribution in [3.05, 3.63) is 12.7 Å². The van der Waals surface area contributed by atoms with Gasteiger partial charge in [0.05, 0.1) is 16.0 Å². The number of amides is 5. The Kier molecular flexibility index (Phi) is 11.7. The maximum absolute atomic E-state index is 15.0. The van der Waals surface area contributed by atoms with Gasteiger partial charge in [-0.25, -0.2) is 13.2 Å². The van der Waals surface area contributed by atoms with Crippen LogP contribution in [0.5, 0.6) is 0 Å². The van der Waals surface area contributed by atoms with Gasteiger partial charge in [-0.2, -0.15) is 0 Å². The minimum absolute atomic E-state index is 0.0524. The van der Waals surface area contributed by atoms with Gasteiger partial charge in [-0.3, -0.25) is 14.4 Å². The van der Waals surface area contributed by atoms with Crippen molar-refractivity contribution in [1.82, 2.24) is 26.2 Å². The van der Waals surface area contributed by atoms with E-state index < -0.39 is 38.2 Å². The summed E-state index contributed by atoms with van der Waals surface area (Å²) in [4.78, 5) is 58.1. The second kappa shape index (κ2) is 15.6. The van der Waals surface area contributed by atoms with Gasteiger partial charge in [-0.05, 0) is 108 Å². The summed E-state index contributed by atoms with van der Waals surface area (Å²) >= 11 is 0. The molecule has 0 aromatic heterocycles. The van der Waals surface area contributed by atoms with Crippen molar-refractivity contribution < 1.29 is 27.6 Å². The lowest BCUT2D eigenvalue weighted by atomic mass is 9.82. The van der Waals surface area contributed by atoms with Crippen molar-refractivity contribution in [2.24, 2.45) is 29.1 Å². The summed E-state index contributed by atoms with van der Waals surface area (Å²) in [5.41, 5.74) is -0.693. The molecule has 5 atom stereocenters. The summed E-state index contributed by atoms with van der Waals surface area (Å²) < 4.78 is 26.0. The van der Waals surface area contributed by atoms with E-state index in [-0.39, 0.29) is 59.1 Å². The average Bonchev–Trinajstić information content (AvgIpc) is 4.00. The number of carbonyl (C=O) groups excluding carboxylic acids is 4. The molecule has 52 heavy (non-hydrogen) atoms. The number of hydrogen-bond acceptors (Lipinski definition) is 6. The second-order valence-corrected chi connectivity index (χ2v) is 21.2. The van der Waals surface area contributed by atoms with Gasteiger partial charge >= 0.3 is 6.03 Å². The molecule has 1 spiro atoms. The molecule has 5 saturated carbocycles. The summed E-state index contributed by atoms with van der Waals surface area (Å²) in [6.07, 6.45) is 17.5. The normalized spacial score (nSPS) is 28.0. The number of fused-ring (bicyclic) bond motifs is 2. The van der Waals surface area contributed by atoms with Crippen molar-refractivity contribution in [2.75, 3.05) is 18.8 Å². The molecule has 0 bridgehead atoms. The summed E-state index contributed by atoms with van der Waals surface area (Å²) in [6, 6.07) is -2.26. The van der Waals surface area contributed by atoms with Crippen LogP contribution in [0.15, 0.2) is 12.7 Å². The molecule has 4 N–H and O–H groups in total. The molecule has 6 fully saturated rings. The Labute approximate surface area is 311 Å². The Morgan fingerprint density at radius 1 is 0.885 bits per heavy atom. The van der Waals surface area contributed by atoms with Crippen LogP contribution in [0.2, 0.25) is 0 Å². The summed E-state index contributed by atoms with van der Waals surface area (Å²) in [7, 11) is -3.53. The van der Waals surface area contributed by atoms with E-state index in [0.717, 1.165) is 96.3 Å². The highest BCUT2D eigenvalue weighted by molar-refractivity contribution is 7.92. The van der Waals surface area contributed by atoms with Crippen LogP contribution in [0.3, 0.4) is 0 Å². The fourth-order valence-electron chi connectivity index (χ4n) is 10.2. The molecule has 1 heterocycles. The lowest BCUT2D eigenvalue weighted by molar-refractivity contribution is -0.142. The van der Waals surface area contributed by atoms with Crippen molar-refractivity contribution in [2.45, 2.75) is 165 Å². The van der Waals surface area contributed by atoms with E-state index in [2.05, 4.69) is 27.8 Å². The molecule has 6 aliphatic rings.